The van der Waals surface area contributed by atoms with Crippen LogP contribution < -0.4 is 4.57 Å². The van der Waals surface area contributed by atoms with Crippen molar-refractivity contribution >= 4 is 27.6 Å². The normalized spacial score (nSPS) is 13.5. The third-order valence-electron chi connectivity index (χ3n) is 6.27. The topological polar surface area (TPSA) is 21.4 Å². The summed E-state index contributed by atoms with van der Waals surface area (Å²) in [5, 5.41) is 1.71. The highest BCUT2D eigenvalue weighted by Gasteiger charge is 2.26. The van der Waals surface area contributed by atoms with Gasteiger partial charge in [-0.05, 0) is 49.0 Å². The first-order valence-electron chi connectivity index (χ1n) is 12.5. The number of fused-ring (bicyclic) bond motifs is 3. The van der Waals surface area contributed by atoms with Crippen LogP contribution in [0.1, 0.15) is 27.9 Å². The van der Waals surface area contributed by atoms with Gasteiger partial charge < -0.3 is 4.42 Å². The molecule has 156 valence electrons. The second-order valence-electron chi connectivity index (χ2n) is 8.17. The van der Waals surface area contributed by atoms with Crippen LogP contribution in [0.25, 0.3) is 49.2 Å². The van der Waals surface area contributed by atoms with Crippen LogP contribution in [-0.2, 0) is 7.05 Å². The van der Waals surface area contributed by atoms with Crippen molar-refractivity contribution in [2.24, 2.45) is 7.05 Å². The third kappa shape index (κ3) is 2.84. The van der Waals surface area contributed by atoms with Gasteiger partial charge in [-0.3, -0.25) is 0 Å². The van der Waals surface area contributed by atoms with Crippen molar-refractivity contribution in [3.63, 3.8) is 0 Å². The molecule has 0 unspecified atom stereocenters. The summed E-state index contributed by atoms with van der Waals surface area (Å²) in [7, 11) is 1.79. The third-order valence-corrected chi connectivity index (χ3v) is 6.27. The van der Waals surface area contributed by atoms with Gasteiger partial charge in [0.2, 0.25) is 11.4 Å². The Bertz CT molecular complexity index is 1700. The van der Waals surface area contributed by atoms with Gasteiger partial charge in [-0.25, -0.2) is 4.85 Å². The maximum absolute atomic E-state index is 9.03. The Morgan fingerprint density at radius 3 is 2.50 bits per heavy atom. The van der Waals surface area contributed by atoms with Gasteiger partial charge in [0.15, 0.2) is 5.69 Å². The fraction of sp³-hybridized carbons (Fsp3) is 0.172. The number of benzene rings is 3. The monoisotopic (exact) mass is 421 g/mol. The molecule has 32 heavy (non-hydrogen) atoms. The molecule has 0 radical (unpaired) electrons. The molecule has 0 fully saturated rings. The largest absolute Gasteiger partial charge is 0.466 e. The number of hydrogen-bond acceptors (Lipinski definition) is 1. The first kappa shape index (κ1) is 15.8. The van der Waals surface area contributed by atoms with Gasteiger partial charge in [-0.1, -0.05) is 48.5 Å². The zero-order valence-corrected chi connectivity index (χ0v) is 18.5. The number of para-hydroxylation sites is 1. The van der Waals surface area contributed by atoms with Crippen LogP contribution in [0.2, 0.25) is 0 Å². The van der Waals surface area contributed by atoms with Crippen LogP contribution in [0.4, 0.5) is 5.69 Å². The SMILES string of the molecule is [2H]c1c(C)c(C([2H])([2H])[2H])c(C)[n+](C)c1-c1c(C)cc(-c2ccccc2)c2c1oc1c([N+]#[C-])cccc12. The lowest BCUT2D eigenvalue weighted by atomic mass is 9.91. The van der Waals surface area contributed by atoms with Crippen molar-refractivity contribution in [1.29, 1.82) is 0 Å². The van der Waals surface area contributed by atoms with E-state index in [1.807, 2.05) is 49.4 Å². The standard InChI is InChI=1S/C29H25N2O/c1-17-16-25(31(6)20(4)19(17)3)26-18(2)15-23(21-11-8-7-9-12-21)27-22-13-10-14-24(30-5)28(22)32-29(26)27/h7-16H,1-4,6H3/q+1/i3D3,16D. The molecule has 0 bridgehead atoms. The van der Waals surface area contributed by atoms with E-state index >= 15 is 0 Å². The van der Waals surface area contributed by atoms with E-state index in [1.165, 1.54) is 0 Å². The molecule has 5 aromatic rings. The average Bonchev–Trinajstić information content (AvgIpc) is 3.23. The lowest BCUT2D eigenvalue weighted by molar-refractivity contribution is -0.667. The molecule has 3 aromatic carbocycles. The van der Waals surface area contributed by atoms with E-state index in [2.05, 4.69) is 10.9 Å². The molecule has 0 amide bonds. The summed E-state index contributed by atoms with van der Waals surface area (Å²) in [5.41, 5.74) is 6.95. The van der Waals surface area contributed by atoms with Crippen LogP contribution in [0, 0.1) is 34.2 Å². The van der Waals surface area contributed by atoms with Crippen LogP contribution in [0.15, 0.2) is 65.1 Å². The second-order valence-corrected chi connectivity index (χ2v) is 8.17. The summed E-state index contributed by atoms with van der Waals surface area (Å²) >= 11 is 0. The lowest BCUT2D eigenvalue weighted by Gasteiger charge is -2.13. The quantitative estimate of drug-likeness (QED) is 0.213. The first-order valence-corrected chi connectivity index (χ1v) is 10.5. The minimum Gasteiger partial charge on any atom is -0.466 e. The molecule has 2 heterocycles. The molecule has 0 atom stereocenters. The molecule has 0 aliphatic heterocycles. The van der Waals surface area contributed by atoms with Crippen molar-refractivity contribution in [3.8, 4) is 22.4 Å². The molecule has 0 saturated carbocycles. The zero-order chi connectivity index (χ0) is 25.9. The number of nitrogens with zero attached hydrogens (tertiary/aromatic N) is 2. The molecule has 5 rings (SSSR count). The maximum atomic E-state index is 9.03. The second kappa shape index (κ2) is 7.35. The van der Waals surface area contributed by atoms with E-state index < -0.39 is 6.85 Å². The van der Waals surface area contributed by atoms with Crippen molar-refractivity contribution in [1.82, 2.24) is 0 Å². The maximum Gasteiger partial charge on any atom is 0.229 e. The Morgan fingerprint density at radius 2 is 1.78 bits per heavy atom. The minimum atomic E-state index is -2.33. The first-order chi connectivity index (χ1) is 17.1. The molecule has 0 N–H and O–H groups in total. The summed E-state index contributed by atoms with van der Waals surface area (Å²) in [5.74, 6) is 0. The highest BCUT2D eigenvalue weighted by molar-refractivity contribution is 6.18. The summed E-state index contributed by atoms with van der Waals surface area (Å²) in [6, 6.07) is 17.8. The van der Waals surface area contributed by atoms with Crippen LogP contribution in [-0.4, -0.2) is 0 Å². The average molecular weight is 422 g/mol. The van der Waals surface area contributed by atoms with Crippen molar-refractivity contribution < 1.29 is 14.5 Å². The van der Waals surface area contributed by atoms with E-state index in [-0.39, 0.29) is 11.6 Å². The summed E-state index contributed by atoms with van der Waals surface area (Å²) in [4.78, 5) is 3.67. The Labute approximate surface area is 194 Å². The fourth-order valence-electron chi connectivity index (χ4n) is 4.48. The van der Waals surface area contributed by atoms with E-state index in [0.29, 0.717) is 33.8 Å². The Balaban J connectivity index is 2.00. The molecular formula is C29H25N2O+. The van der Waals surface area contributed by atoms with Crippen LogP contribution in [0.5, 0.6) is 0 Å². The molecule has 3 heteroatoms. The van der Waals surface area contributed by atoms with Crippen molar-refractivity contribution in [2.45, 2.75) is 27.6 Å². The van der Waals surface area contributed by atoms with Gasteiger partial charge in [-0.2, -0.15) is 4.57 Å². The number of furan rings is 1. The molecule has 0 spiro atoms. The van der Waals surface area contributed by atoms with Gasteiger partial charge in [0.25, 0.3) is 0 Å². The van der Waals surface area contributed by atoms with Gasteiger partial charge in [0.05, 0.1) is 13.5 Å². The van der Waals surface area contributed by atoms with Gasteiger partial charge in [0, 0.05) is 33.4 Å². The van der Waals surface area contributed by atoms with Gasteiger partial charge in [-0.15, -0.1) is 0 Å². The summed E-state index contributed by atoms with van der Waals surface area (Å²) in [6.07, 6.45) is 0. The predicted molar refractivity (Wildman–Crippen MR) is 131 cm³/mol. The fourth-order valence-corrected chi connectivity index (χ4v) is 4.48. The molecule has 0 aliphatic rings. The summed E-state index contributed by atoms with van der Waals surface area (Å²) in [6.45, 7) is 10.8. The number of rotatable bonds is 2. The molecule has 3 nitrogen and oxygen atoms in total. The molecule has 2 aromatic heterocycles. The van der Waals surface area contributed by atoms with Crippen LogP contribution >= 0.6 is 0 Å². The number of aromatic nitrogens is 1. The van der Waals surface area contributed by atoms with Crippen molar-refractivity contribution in [2.75, 3.05) is 0 Å². The lowest BCUT2D eigenvalue weighted by Crippen LogP contribution is -2.36. The predicted octanol–water partition coefficient (Wildman–Crippen LogP) is 7.53. The summed E-state index contributed by atoms with van der Waals surface area (Å²) < 4.78 is 41.4. The number of aryl methyl sites for hydroxylation is 1. The minimum absolute atomic E-state index is 0.150. The molecule has 0 aliphatic carbocycles. The Hall–Kier alpha value is -3.90. The van der Waals surface area contributed by atoms with E-state index in [1.54, 1.807) is 31.5 Å². The highest BCUT2D eigenvalue weighted by Crippen LogP contribution is 2.45. The molecule has 0 saturated heterocycles. The van der Waals surface area contributed by atoms with Crippen LogP contribution in [0.3, 0.4) is 0 Å². The van der Waals surface area contributed by atoms with E-state index in [4.69, 9.17) is 16.5 Å². The van der Waals surface area contributed by atoms with Gasteiger partial charge in [0.1, 0.15) is 18.2 Å². The number of pyridine rings is 1. The smallest absolute Gasteiger partial charge is 0.229 e. The van der Waals surface area contributed by atoms with Gasteiger partial charge >= 0.3 is 0 Å². The van der Waals surface area contributed by atoms with Crippen molar-refractivity contribution in [3.05, 3.63) is 94.4 Å². The number of hydrogen-bond donors (Lipinski definition) is 0. The van der Waals surface area contributed by atoms with E-state index in [9.17, 15) is 0 Å². The molecular weight excluding hydrogens is 392 g/mol. The Morgan fingerprint density at radius 1 is 1.00 bits per heavy atom. The highest BCUT2D eigenvalue weighted by atomic mass is 16.3. The Kier molecular flexibility index (Phi) is 3.64. The van der Waals surface area contributed by atoms with E-state index in [0.717, 1.165) is 33.0 Å². The zero-order valence-electron chi connectivity index (χ0n) is 22.5.